The van der Waals surface area contributed by atoms with E-state index in [0.29, 0.717) is 6.42 Å². The fourth-order valence-electron chi connectivity index (χ4n) is 5.12. The average Bonchev–Trinajstić information content (AvgIpc) is 3.53. The number of fused-ring (bicyclic) bond motifs is 2. The molecule has 2 aliphatic carbocycles. The highest BCUT2D eigenvalue weighted by Gasteiger charge is 2.32. The van der Waals surface area contributed by atoms with Crippen LogP contribution in [-0.4, -0.2) is 54.7 Å². The highest BCUT2D eigenvalue weighted by molar-refractivity contribution is 7.91. The molecule has 0 bridgehead atoms. The van der Waals surface area contributed by atoms with Crippen LogP contribution in [0.4, 0.5) is 11.4 Å². The Bertz CT molecular complexity index is 1160. The molecule has 1 fully saturated rings. The van der Waals surface area contributed by atoms with E-state index in [1.165, 1.54) is 28.2 Å². The molecule has 2 unspecified atom stereocenters. The van der Waals surface area contributed by atoms with Crippen molar-refractivity contribution < 1.29 is 23.4 Å². The second-order valence-corrected chi connectivity index (χ2v) is 10.5. The van der Waals surface area contributed by atoms with Crippen LogP contribution in [0.15, 0.2) is 22.9 Å². The molecule has 178 valence electrons. The minimum Gasteiger partial charge on any atom is -0.845 e. The molecule has 2 aromatic rings. The summed E-state index contributed by atoms with van der Waals surface area (Å²) in [6.45, 7) is 0.0749. The van der Waals surface area contributed by atoms with Gasteiger partial charge in [0, 0.05) is 25.4 Å². The minimum atomic E-state index is -4.38. The smallest absolute Gasteiger partial charge is 0.345 e. The van der Waals surface area contributed by atoms with Gasteiger partial charge in [0.05, 0.1) is 43.3 Å². The van der Waals surface area contributed by atoms with Crippen LogP contribution in [0.2, 0.25) is 0 Å². The first-order valence-corrected chi connectivity index (χ1v) is 12.7. The van der Waals surface area contributed by atoms with Gasteiger partial charge >= 0.3 is 10.2 Å². The summed E-state index contributed by atoms with van der Waals surface area (Å²) in [6.07, 6.45) is 7.83. The molecule has 0 radical (unpaired) electrons. The van der Waals surface area contributed by atoms with Crippen molar-refractivity contribution in [1.29, 1.82) is 0 Å². The molecule has 0 spiro atoms. The Morgan fingerprint density at radius 1 is 1.30 bits per heavy atom. The fourth-order valence-corrected chi connectivity index (χ4v) is 6.19. The predicted molar refractivity (Wildman–Crippen MR) is 121 cm³/mol. The summed E-state index contributed by atoms with van der Waals surface area (Å²) in [4.78, 5) is 0. The normalized spacial score (nSPS) is 22.4. The van der Waals surface area contributed by atoms with E-state index in [9.17, 15) is 18.6 Å². The number of rotatable bonds is 6. The van der Waals surface area contributed by atoms with Gasteiger partial charge in [-0.15, -0.1) is 4.40 Å². The van der Waals surface area contributed by atoms with Gasteiger partial charge in [-0.2, -0.15) is 13.5 Å². The first-order valence-electron chi connectivity index (χ1n) is 11.3. The van der Waals surface area contributed by atoms with E-state index >= 15 is 0 Å². The molecule has 2 heterocycles. The zero-order chi connectivity index (χ0) is 23.2. The van der Waals surface area contributed by atoms with E-state index in [2.05, 4.69) is 20.9 Å². The summed E-state index contributed by atoms with van der Waals surface area (Å²) in [7, 11) is -2.71. The van der Waals surface area contributed by atoms with E-state index < -0.39 is 28.4 Å². The van der Waals surface area contributed by atoms with Gasteiger partial charge in [-0.1, -0.05) is 6.07 Å². The van der Waals surface area contributed by atoms with Crippen molar-refractivity contribution in [3.8, 4) is 0 Å². The molecular formula is C22H28N5O5S-. The lowest BCUT2D eigenvalue weighted by Crippen LogP contribution is -2.39. The number of hydrogen-bond acceptors (Lipinski definition) is 6. The molecule has 0 amide bonds. The maximum atomic E-state index is 13.2. The zero-order valence-electron chi connectivity index (χ0n) is 18.5. The van der Waals surface area contributed by atoms with Gasteiger partial charge in [0.2, 0.25) is 0 Å². The second-order valence-electron chi connectivity index (χ2n) is 8.98. The van der Waals surface area contributed by atoms with Crippen LogP contribution in [0.3, 0.4) is 0 Å². The number of aryl methyl sites for hydroxylation is 3. The number of hydrogen-bond donors (Lipinski definition) is 2. The van der Waals surface area contributed by atoms with Gasteiger partial charge < -0.3 is 20.3 Å². The SMILES string of the molecule is Cn1cc(N(CC2CC(O)CO2)S(=O)(=O)/N=C(\[O-])Nc2c3c(cc4c2CCC4)CCC3)cn1. The quantitative estimate of drug-likeness (QED) is 0.458. The minimum absolute atomic E-state index is 0.0714. The summed E-state index contributed by atoms with van der Waals surface area (Å²) >= 11 is 0. The molecule has 33 heavy (non-hydrogen) atoms. The molecule has 2 atom stereocenters. The van der Waals surface area contributed by atoms with Gasteiger partial charge in [0.15, 0.2) is 0 Å². The molecule has 1 aromatic heterocycles. The van der Waals surface area contributed by atoms with Gasteiger partial charge in [0.1, 0.15) is 0 Å². The van der Waals surface area contributed by atoms with Crippen LogP contribution in [0.1, 0.15) is 41.5 Å². The van der Waals surface area contributed by atoms with Crippen LogP contribution in [0.25, 0.3) is 0 Å². The average molecular weight is 475 g/mol. The van der Waals surface area contributed by atoms with E-state index in [-0.39, 0.29) is 18.8 Å². The standard InChI is InChI=1S/C22H29N5O5S/c1-26-11-16(10-23-26)27(12-18-9-17(28)13-32-18)33(30,31)25-22(29)24-21-19-6-2-4-14(19)8-15-5-3-7-20(15)21/h8,10-11,17-18,28H,2-7,9,12-13H2,1H3,(H2,24,25,29)/p-1. The van der Waals surface area contributed by atoms with Crippen molar-refractivity contribution in [3.63, 3.8) is 0 Å². The molecule has 2 N–H and O–H groups in total. The Labute approximate surface area is 193 Å². The molecule has 5 rings (SSSR count). The summed E-state index contributed by atoms with van der Waals surface area (Å²) in [5.74, 6) is 0. The van der Waals surface area contributed by atoms with Crippen molar-refractivity contribution in [2.24, 2.45) is 11.4 Å². The van der Waals surface area contributed by atoms with Crippen LogP contribution >= 0.6 is 0 Å². The third kappa shape index (κ3) is 4.44. The second kappa shape index (κ2) is 8.62. The number of anilines is 2. The Kier molecular flexibility index (Phi) is 5.79. The highest BCUT2D eigenvalue weighted by atomic mass is 32.2. The van der Waals surface area contributed by atoms with E-state index in [1.807, 2.05) is 0 Å². The number of nitrogens with zero attached hydrogens (tertiary/aromatic N) is 4. The number of amidine groups is 1. The first-order chi connectivity index (χ1) is 15.8. The maximum absolute atomic E-state index is 13.2. The Hall–Kier alpha value is -2.63. The van der Waals surface area contributed by atoms with Gasteiger partial charge in [-0.05, 0) is 60.8 Å². The zero-order valence-corrected chi connectivity index (χ0v) is 19.3. The lowest BCUT2D eigenvalue weighted by atomic mass is 9.99. The van der Waals surface area contributed by atoms with Gasteiger partial charge in [0.25, 0.3) is 0 Å². The lowest BCUT2D eigenvalue weighted by Gasteiger charge is -2.25. The van der Waals surface area contributed by atoms with E-state index in [0.717, 1.165) is 59.6 Å². The predicted octanol–water partition coefficient (Wildman–Crippen LogP) is 0.427. The van der Waals surface area contributed by atoms with Crippen LogP contribution in [-0.2, 0) is 47.7 Å². The maximum Gasteiger partial charge on any atom is 0.345 e. The number of aromatic nitrogens is 2. The third-order valence-electron chi connectivity index (χ3n) is 6.59. The van der Waals surface area contributed by atoms with Crippen molar-refractivity contribution in [2.75, 3.05) is 22.8 Å². The molecule has 1 saturated heterocycles. The fraction of sp³-hybridized carbons (Fsp3) is 0.545. The summed E-state index contributed by atoms with van der Waals surface area (Å²) in [5, 5.41) is 29.5. The Morgan fingerprint density at radius 3 is 2.58 bits per heavy atom. The molecule has 0 saturated carbocycles. The number of benzene rings is 1. The monoisotopic (exact) mass is 474 g/mol. The summed E-state index contributed by atoms with van der Waals surface area (Å²) in [5.41, 5.74) is 5.71. The Balaban J connectivity index is 1.44. The van der Waals surface area contributed by atoms with Crippen LogP contribution in [0.5, 0.6) is 0 Å². The molecule has 1 aromatic carbocycles. The third-order valence-corrected chi connectivity index (χ3v) is 7.90. The number of ether oxygens (including phenoxy) is 1. The molecule has 10 nitrogen and oxygen atoms in total. The van der Waals surface area contributed by atoms with Crippen molar-refractivity contribution in [3.05, 3.63) is 40.7 Å². The summed E-state index contributed by atoms with van der Waals surface area (Å²) in [6, 6.07) is 1.33. The highest BCUT2D eigenvalue weighted by Crippen LogP contribution is 2.38. The molecular weight excluding hydrogens is 446 g/mol. The van der Waals surface area contributed by atoms with Gasteiger partial charge in [-0.25, -0.2) is 4.31 Å². The topological polar surface area (TPSA) is 132 Å². The largest absolute Gasteiger partial charge is 0.845 e. The van der Waals surface area contributed by atoms with E-state index in [1.54, 1.807) is 7.05 Å². The molecule has 1 aliphatic heterocycles. The number of aliphatic hydroxyl groups is 1. The first kappa shape index (κ1) is 22.2. The number of aliphatic hydroxyl groups excluding tert-OH is 1. The van der Waals surface area contributed by atoms with Crippen LogP contribution in [0, 0.1) is 0 Å². The van der Waals surface area contributed by atoms with Crippen molar-refractivity contribution in [2.45, 2.75) is 57.2 Å². The number of nitrogens with one attached hydrogen (secondary N) is 1. The summed E-state index contributed by atoms with van der Waals surface area (Å²) < 4.78 is 38.0. The van der Waals surface area contributed by atoms with Crippen molar-refractivity contribution in [1.82, 2.24) is 9.78 Å². The van der Waals surface area contributed by atoms with Crippen LogP contribution < -0.4 is 14.7 Å². The lowest BCUT2D eigenvalue weighted by molar-refractivity contribution is -0.213. The molecule has 3 aliphatic rings. The van der Waals surface area contributed by atoms with Crippen molar-refractivity contribution >= 4 is 27.6 Å². The van der Waals surface area contributed by atoms with Gasteiger partial charge in [-0.3, -0.25) is 4.68 Å². The Morgan fingerprint density at radius 2 is 2.00 bits per heavy atom. The molecule has 11 heteroatoms. The van der Waals surface area contributed by atoms with E-state index in [4.69, 9.17) is 4.74 Å².